The van der Waals surface area contributed by atoms with Crippen LogP contribution in [0, 0.1) is 0 Å². The van der Waals surface area contributed by atoms with Crippen molar-refractivity contribution >= 4 is 17.3 Å². The maximum absolute atomic E-state index is 5.91. The third-order valence-corrected chi connectivity index (χ3v) is 6.77. The van der Waals surface area contributed by atoms with Crippen LogP contribution in [-0.2, 0) is 11.3 Å². The first-order valence-electron chi connectivity index (χ1n) is 10.6. The molecule has 0 spiro atoms. The van der Waals surface area contributed by atoms with Gasteiger partial charge in [-0.3, -0.25) is 4.98 Å². The number of hydrogen-bond donors (Lipinski definition) is 1. The van der Waals surface area contributed by atoms with Crippen molar-refractivity contribution in [2.75, 3.05) is 6.61 Å². The molecule has 3 atom stereocenters. The Kier molecular flexibility index (Phi) is 5.07. The first-order chi connectivity index (χ1) is 13.8. The summed E-state index contributed by atoms with van der Waals surface area (Å²) in [6, 6.07) is 11.3. The SMILES string of the molecule is S=C1N[C@@H](c2ccccn2)[C@H](c2cccn2C[C@@H]2CCCO2)N1C1CCCC1. The number of rotatable bonds is 5. The van der Waals surface area contributed by atoms with Gasteiger partial charge in [0.15, 0.2) is 5.11 Å². The third-order valence-electron chi connectivity index (χ3n) is 6.45. The molecule has 2 aromatic rings. The molecule has 28 heavy (non-hydrogen) atoms. The molecule has 0 unspecified atom stereocenters. The van der Waals surface area contributed by atoms with E-state index in [4.69, 9.17) is 17.0 Å². The van der Waals surface area contributed by atoms with Gasteiger partial charge in [0, 0.05) is 37.3 Å². The topological polar surface area (TPSA) is 42.3 Å². The molecule has 3 aliphatic rings. The van der Waals surface area contributed by atoms with Crippen LogP contribution in [0.5, 0.6) is 0 Å². The molecule has 1 N–H and O–H groups in total. The van der Waals surface area contributed by atoms with Gasteiger partial charge < -0.3 is 19.5 Å². The highest BCUT2D eigenvalue weighted by molar-refractivity contribution is 7.80. The standard InChI is InChI=1S/C22H28N4OS/c28-22-24-20(18-10-3-4-12-23-18)21(26(22)16-7-1-2-8-16)19-11-5-13-25(19)15-17-9-6-14-27-17/h3-5,10-13,16-17,20-21H,1-2,6-9,14-15H2,(H,24,28)/t17-,20-,21-/m0/s1. The molecule has 2 aliphatic heterocycles. The van der Waals surface area contributed by atoms with Crippen LogP contribution in [0.15, 0.2) is 42.7 Å². The molecule has 148 valence electrons. The van der Waals surface area contributed by atoms with Crippen molar-refractivity contribution < 1.29 is 4.74 Å². The Hall–Kier alpha value is -1.92. The minimum Gasteiger partial charge on any atom is -0.376 e. The molecule has 6 heteroatoms. The number of nitrogens with zero attached hydrogens (tertiary/aromatic N) is 3. The Morgan fingerprint density at radius 2 is 2.00 bits per heavy atom. The van der Waals surface area contributed by atoms with Crippen LogP contribution in [0.3, 0.4) is 0 Å². The number of ether oxygens (including phenoxy) is 1. The molecule has 5 nitrogen and oxygen atoms in total. The maximum atomic E-state index is 5.91. The molecule has 0 aromatic carbocycles. The molecule has 5 rings (SSSR count). The number of thiocarbonyl (C=S) groups is 1. The Labute approximate surface area is 172 Å². The Morgan fingerprint density at radius 3 is 2.75 bits per heavy atom. The summed E-state index contributed by atoms with van der Waals surface area (Å²) in [6.45, 7) is 1.81. The summed E-state index contributed by atoms with van der Waals surface area (Å²) < 4.78 is 8.30. The highest BCUT2D eigenvalue weighted by Gasteiger charge is 2.44. The van der Waals surface area contributed by atoms with Gasteiger partial charge in [0.1, 0.15) is 0 Å². The van der Waals surface area contributed by atoms with Gasteiger partial charge in [0.25, 0.3) is 0 Å². The second kappa shape index (κ2) is 7.84. The van der Waals surface area contributed by atoms with E-state index in [9.17, 15) is 0 Å². The lowest BCUT2D eigenvalue weighted by Gasteiger charge is -2.33. The summed E-state index contributed by atoms with van der Waals surface area (Å²) in [7, 11) is 0. The van der Waals surface area contributed by atoms with Crippen LogP contribution in [0.2, 0.25) is 0 Å². The van der Waals surface area contributed by atoms with Gasteiger partial charge in [-0.15, -0.1) is 0 Å². The monoisotopic (exact) mass is 396 g/mol. The Bertz CT molecular complexity index is 811. The van der Waals surface area contributed by atoms with Gasteiger partial charge in [-0.25, -0.2) is 0 Å². The van der Waals surface area contributed by atoms with Crippen molar-refractivity contribution in [2.45, 2.75) is 69.3 Å². The van der Waals surface area contributed by atoms with Gasteiger partial charge in [-0.05, 0) is 62.2 Å². The fourth-order valence-corrected chi connectivity index (χ4v) is 5.52. The second-order valence-electron chi connectivity index (χ2n) is 8.19. The van der Waals surface area contributed by atoms with Crippen molar-refractivity contribution in [2.24, 2.45) is 0 Å². The molecule has 0 bridgehead atoms. The minimum atomic E-state index is 0.0763. The average Bonchev–Trinajstić information content (AvgIpc) is 3.50. The highest BCUT2D eigenvalue weighted by Crippen LogP contribution is 2.43. The molecule has 0 amide bonds. The lowest BCUT2D eigenvalue weighted by atomic mass is 9.99. The van der Waals surface area contributed by atoms with Gasteiger partial charge in [0.2, 0.25) is 0 Å². The molecule has 1 aliphatic carbocycles. The lowest BCUT2D eigenvalue weighted by Crippen LogP contribution is -2.38. The lowest BCUT2D eigenvalue weighted by molar-refractivity contribution is 0.0949. The predicted molar refractivity (Wildman–Crippen MR) is 113 cm³/mol. The summed E-state index contributed by atoms with van der Waals surface area (Å²) >= 11 is 5.85. The van der Waals surface area contributed by atoms with Crippen LogP contribution >= 0.6 is 12.2 Å². The van der Waals surface area contributed by atoms with Crippen molar-refractivity contribution in [3.8, 4) is 0 Å². The molecule has 4 heterocycles. The summed E-state index contributed by atoms with van der Waals surface area (Å²) in [5.74, 6) is 0. The maximum Gasteiger partial charge on any atom is 0.170 e. The van der Waals surface area contributed by atoms with Crippen LogP contribution in [0.4, 0.5) is 0 Å². The molecule has 0 radical (unpaired) electrons. The summed E-state index contributed by atoms with van der Waals surface area (Å²) in [4.78, 5) is 7.14. The predicted octanol–water partition coefficient (Wildman–Crippen LogP) is 3.98. The normalized spacial score (nSPS) is 28.2. The van der Waals surface area contributed by atoms with Crippen LogP contribution < -0.4 is 5.32 Å². The van der Waals surface area contributed by atoms with E-state index in [1.165, 1.54) is 37.8 Å². The summed E-state index contributed by atoms with van der Waals surface area (Å²) in [6.07, 6.45) is 11.7. The Morgan fingerprint density at radius 1 is 1.11 bits per heavy atom. The van der Waals surface area contributed by atoms with E-state index in [0.717, 1.165) is 30.4 Å². The molecule has 3 fully saturated rings. The van der Waals surface area contributed by atoms with E-state index in [1.807, 2.05) is 12.3 Å². The molecular formula is C22H28N4OS. The van der Waals surface area contributed by atoms with E-state index < -0.39 is 0 Å². The fraction of sp³-hybridized carbons (Fsp3) is 0.545. The van der Waals surface area contributed by atoms with Crippen molar-refractivity contribution in [3.05, 3.63) is 54.1 Å². The Balaban J connectivity index is 1.52. The second-order valence-corrected chi connectivity index (χ2v) is 8.58. The summed E-state index contributed by atoms with van der Waals surface area (Å²) in [5.41, 5.74) is 2.37. The van der Waals surface area contributed by atoms with Gasteiger partial charge in [0.05, 0.1) is 23.9 Å². The number of pyridine rings is 1. The van der Waals surface area contributed by atoms with E-state index in [0.29, 0.717) is 12.1 Å². The molecule has 2 aromatic heterocycles. The molecule has 2 saturated heterocycles. The third kappa shape index (κ3) is 3.33. The zero-order valence-corrected chi connectivity index (χ0v) is 17.0. The van der Waals surface area contributed by atoms with Crippen LogP contribution in [-0.4, -0.2) is 38.3 Å². The van der Waals surface area contributed by atoms with Crippen molar-refractivity contribution in [1.82, 2.24) is 19.8 Å². The number of aromatic nitrogens is 2. The van der Waals surface area contributed by atoms with Crippen molar-refractivity contribution in [1.29, 1.82) is 0 Å². The van der Waals surface area contributed by atoms with E-state index >= 15 is 0 Å². The first-order valence-corrected chi connectivity index (χ1v) is 11.0. The zero-order valence-electron chi connectivity index (χ0n) is 16.2. The fourth-order valence-electron chi connectivity index (χ4n) is 5.13. The minimum absolute atomic E-state index is 0.0763. The van der Waals surface area contributed by atoms with Crippen LogP contribution in [0.25, 0.3) is 0 Å². The van der Waals surface area contributed by atoms with Gasteiger partial charge >= 0.3 is 0 Å². The summed E-state index contributed by atoms with van der Waals surface area (Å²) in [5, 5.41) is 4.48. The van der Waals surface area contributed by atoms with Gasteiger partial charge in [-0.2, -0.15) is 0 Å². The zero-order chi connectivity index (χ0) is 18.9. The quantitative estimate of drug-likeness (QED) is 0.775. The van der Waals surface area contributed by atoms with Crippen molar-refractivity contribution in [3.63, 3.8) is 0 Å². The van der Waals surface area contributed by atoms with E-state index in [1.54, 1.807) is 0 Å². The van der Waals surface area contributed by atoms with Gasteiger partial charge in [-0.1, -0.05) is 18.9 Å². The molecular weight excluding hydrogens is 368 g/mol. The largest absolute Gasteiger partial charge is 0.376 e. The van der Waals surface area contributed by atoms with E-state index in [-0.39, 0.29) is 12.1 Å². The first kappa shape index (κ1) is 18.1. The number of nitrogens with one attached hydrogen (secondary N) is 1. The van der Waals surface area contributed by atoms with E-state index in [2.05, 4.69) is 50.2 Å². The average molecular weight is 397 g/mol. The molecule has 1 saturated carbocycles. The highest BCUT2D eigenvalue weighted by atomic mass is 32.1. The van der Waals surface area contributed by atoms with Crippen LogP contribution in [0.1, 0.15) is 62.0 Å². The smallest absolute Gasteiger partial charge is 0.170 e. The number of hydrogen-bond acceptors (Lipinski definition) is 3.